The molecule has 1 amide bonds. The fourth-order valence-electron chi connectivity index (χ4n) is 3.19. The van der Waals surface area contributed by atoms with Gasteiger partial charge in [0.2, 0.25) is 5.91 Å². The van der Waals surface area contributed by atoms with E-state index in [2.05, 4.69) is 10.2 Å². The van der Waals surface area contributed by atoms with Crippen molar-refractivity contribution in [3.8, 4) is 5.75 Å². The van der Waals surface area contributed by atoms with Gasteiger partial charge in [0.15, 0.2) is 0 Å². The predicted octanol–water partition coefficient (Wildman–Crippen LogP) is 4.34. The second kappa shape index (κ2) is 8.52. The summed E-state index contributed by atoms with van der Waals surface area (Å²) in [6, 6.07) is 11.8. The first-order chi connectivity index (χ1) is 12.5. The molecule has 1 fully saturated rings. The second-order valence-corrected chi connectivity index (χ2v) is 6.92. The Balaban J connectivity index is 1.50. The first-order valence-electron chi connectivity index (χ1n) is 8.66. The van der Waals surface area contributed by atoms with E-state index in [0.29, 0.717) is 16.5 Å². The Morgan fingerprint density at radius 3 is 2.54 bits per heavy atom. The van der Waals surface area contributed by atoms with Gasteiger partial charge in [-0.05, 0) is 61.8 Å². The van der Waals surface area contributed by atoms with E-state index in [-0.39, 0.29) is 17.6 Å². The van der Waals surface area contributed by atoms with Gasteiger partial charge in [0.25, 0.3) is 0 Å². The van der Waals surface area contributed by atoms with Crippen LogP contribution in [0.15, 0.2) is 42.5 Å². The molecule has 0 aromatic heterocycles. The molecule has 0 bridgehead atoms. The lowest BCUT2D eigenvalue weighted by atomic mass is 9.95. The van der Waals surface area contributed by atoms with Crippen LogP contribution in [0.25, 0.3) is 0 Å². The Bertz CT molecular complexity index is 759. The highest BCUT2D eigenvalue weighted by Gasteiger charge is 2.25. The van der Waals surface area contributed by atoms with Crippen molar-refractivity contribution in [2.24, 2.45) is 5.92 Å². The van der Waals surface area contributed by atoms with E-state index in [4.69, 9.17) is 16.3 Å². The van der Waals surface area contributed by atoms with Crippen molar-refractivity contribution in [2.45, 2.75) is 19.4 Å². The van der Waals surface area contributed by atoms with Crippen molar-refractivity contribution in [1.29, 1.82) is 0 Å². The fourth-order valence-corrected chi connectivity index (χ4v) is 3.45. The van der Waals surface area contributed by atoms with Crippen LogP contribution in [0.2, 0.25) is 5.02 Å². The van der Waals surface area contributed by atoms with Crippen LogP contribution in [0.4, 0.5) is 10.1 Å². The number of nitrogens with one attached hydrogen (secondary N) is 1. The molecule has 2 aromatic carbocycles. The summed E-state index contributed by atoms with van der Waals surface area (Å²) in [4.78, 5) is 14.8. The van der Waals surface area contributed by atoms with Crippen molar-refractivity contribution in [3.05, 3.63) is 58.9 Å². The van der Waals surface area contributed by atoms with Gasteiger partial charge < -0.3 is 10.1 Å². The average Bonchev–Trinajstić information content (AvgIpc) is 2.64. The quantitative estimate of drug-likeness (QED) is 0.844. The number of carbonyl (C=O) groups excluding carboxylic acids is 1. The molecular formula is C20H22ClFN2O2. The molecule has 138 valence electrons. The Morgan fingerprint density at radius 1 is 1.23 bits per heavy atom. The van der Waals surface area contributed by atoms with Crippen LogP contribution < -0.4 is 10.1 Å². The van der Waals surface area contributed by atoms with Gasteiger partial charge in [0, 0.05) is 18.2 Å². The van der Waals surface area contributed by atoms with Gasteiger partial charge >= 0.3 is 0 Å². The van der Waals surface area contributed by atoms with Crippen LogP contribution in [-0.2, 0) is 11.3 Å². The van der Waals surface area contributed by atoms with Gasteiger partial charge in [0.05, 0.1) is 12.1 Å². The molecule has 1 N–H and O–H groups in total. The van der Waals surface area contributed by atoms with Crippen molar-refractivity contribution >= 4 is 23.2 Å². The number of hydrogen-bond donors (Lipinski definition) is 1. The highest BCUT2D eigenvalue weighted by Crippen LogP contribution is 2.28. The largest absolute Gasteiger partial charge is 0.495 e. The molecule has 1 aliphatic rings. The van der Waals surface area contributed by atoms with Crippen LogP contribution in [-0.4, -0.2) is 31.0 Å². The maximum atomic E-state index is 13.0. The van der Waals surface area contributed by atoms with Crippen molar-refractivity contribution in [2.75, 3.05) is 25.5 Å². The summed E-state index contributed by atoms with van der Waals surface area (Å²) in [5.74, 6) is 0.370. The molecule has 0 spiro atoms. The lowest BCUT2D eigenvalue weighted by Gasteiger charge is -2.31. The van der Waals surface area contributed by atoms with Gasteiger partial charge in [-0.25, -0.2) is 4.39 Å². The number of ether oxygens (including phenoxy) is 1. The van der Waals surface area contributed by atoms with Gasteiger partial charge in [-0.2, -0.15) is 0 Å². The van der Waals surface area contributed by atoms with E-state index in [0.717, 1.165) is 38.0 Å². The number of nitrogens with zero attached hydrogens (tertiary/aromatic N) is 1. The molecule has 0 aliphatic carbocycles. The summed E-state index contributed by atoms with van der Waals surface area (Å²) in [5.41, 5.74) is 1.76. The lowest BCUT2D eigenvalue weighted by Crippen LogP contribution is -2.37. The number of methoxy groups -OCH3 is 1. The van der Waals surface area contributed by atoms with Crippen LogP contribution in [0.1, 0.15) is 18.4 Å². The third kappa shape index (κ3) is 4.74. The number of halogens is 2. The van der Waals surface area contributed by atoms with Gasteiger partial charge in [-0.1, -0.05) is 23.7 Å². The third-order valence-electron chi connectivity index (χ3n) is 4.70. The minimum absolute atomic E-state index is 0.0136. The minimum atomic E-state index is -0.220. The Morgan fingerprint density at radius 2 is 1.92 bits per heavy atom. The van der Waals surface area contributed by atoms with Gasteiger partial charge in [0.1, 0.15) is 11.6 Å². The summed E-state index contributed by atoms with van der Waals surface area (Å²) in [6.07, 6.45) is 1.60. The van der Waals surface area contributed by atoms with E-state index in [1.807, 2.05) is 12.1 Å². The molecule has 2 aromatic rings. The highest BCUT2D eigenvalue weighted by molar-refractivity contribution is 6.32. The molecule has 4 nitrogen and oxygen atoms in total. The lowest BCUT2D eigenvalue weighted by molar-refractivity contribution is -0.121. The molecule has 1 heterocycles. The van der Waals surface area contributed by atoms with Gasteiger partial charge in [-0.3, -0.25) is 9.69 Å². The number of hydrogen-bond acceptors (Lipinski definition) is 3. The van der Waals surface area contributed by atoms with E-state index >= 15 is 0 Å². The average molecular weight is 377 g/mol. The number of piperidine rings is 1. The predicted molar refractivity (Wildman–Crippen MR) is 101 cm³/mol. The Kier molecular flexibility index (Phi) is 6.12. The number of anilines is 1. The molecule has 6 heteroatoms. The standard InChI is InChI=1S/C20H22ClFN2O2/c1-26-19-7-6-17(12-18(19)21)23-20(25)15-8-10-24(11-9-15)13-14-2-4-16(22)5-3-14/h2-7,12,15H,8-11,13H2,1H3,(H,23,25). The maximum absolute atomic E-state index is 13.0. The molecule has 0 unspecified atom stereocenters. The Labute approximate surface area is 157 Å². The van der Waals surface area contributed by atoms with Crippen LogP contribution >= 0.6 is 11.6 Å². The molecule has 3 rings (SSSR count). The van der Waals surface area contributed by atoms with Crippen LogP contribution in [0.3, 0.4) is 0 Å². The maximum Gasteiger partial charge on any atom is 0.227 e. The highest BCUT2D eigenvalue weighted by atomic mass is 35.5. The minimum Gasteiger partial charge on any atom is -0.495 e. The number of likely N-dealkylation sites (tertiary alicyclic amines) is 1. The molecule has 1 aliphatic heterocycles. The molecule has 0 radical (unpaired) electrons. The number of amides is 1. The third-order valence-corrected chi connectivity index (χ3v) is 4.99. The molecule has 0 atom stereocenters. The Hall–Kier alpha value is -2.11. The summed E-state index contributed by atoms with van der Waals surface area (Å²) in [6.45, 7) is 2.47. The number of carbonyl (C=O) groups is 1. The zero-order valence-corrected chi connectivity index (χ0v) is 15.4. The van der Waals surface area contributed by atoms with Crippen LogP contribution in [0.5, 0.6) is 5.75 Å². The molecular weight excluding hydrogens is 355 g/mol. The zero-order chi connectivity index (χ0) is 18.5. The van der Waals surface area contributed by atoms with Crippen molar-refractivity contribution < 1.29 is 13.9 Å². The smallest absolute Gasteiger partial charge is 0.227 e. The summed E-state index contributed by atoms with van der Waals surface area (Å²) in [7, 11) is 1.55. The van der Waals surface area contributed by atoms with E-state index in [1.54, 1.807) is 25.3 Å². The van der Waals surface area contributed by atoms with Crippen molar-refractivity contribution in [3.63, 3.8) is 0 Å². The van der Waals surface area contributed by atoms with E-state index < -0.39 is 0 Å². The second-order valence-electron chi connectivity index (χ2n) is 6.52. The summed E-state index contributed by atoms with van der Waals surface area (Å²) < 4.78 is 18.1. The summed E-state index contributed by atoms with van der Waals surface area (Å²) in [5, 5.41) is 3.41. The topological polar surface area (TPSA) is 41.6 Å². The van der Waals surface area contributed by atoms with Crippen molar-refractivity contribution in [1.82, 2.24) is 4.90 Å². The van der Waals surface area contributed by atoms with E-state index in [1.165, 1.54) is 12.1 Å². The SMILES string of the molecule is COc1ccc(NC(=O)C2CCN(Cc3ccc(F)cc3)CC2)cc1Cl. The van der Waals surface area contributed by atoms with Crippen LogP contribution in [0, 0.1) is 11.7 Å². The van der Waals surface area contributed by atoms with E-state index in [9.17, 15) is 9.18 Å². The number of benzene rings is 2. The normalized spacial score (nSPS) is 15.7. The fraction of sp³-hybridized carbons (Fsp3) is 0.350. The first kappa shape index (κ1) is 18.7. The number of rotatable bonds is 5. The molecule has 26 heavy (non-hydrogen) atoms. The summed E-state index contributed by atoms with van der Waals surface area (Å²) >= 11 is 6.10. The molecule has 1 saturated heterocycles. The first-order valence-corrected chi connectivity index (χ1v) is 9.04. The molecule has 0 saturated carbocycles. The monoisotopic (exact) mass is 376 g/mol. The zero-order valence-electron chi connectivity index (χ0n) is 14.7. The van der Waals surface area contributed by atoms with Gasteiger partial charge in [-0.15, -0.1) is 0 Å².